The lowest BCUT2D eigenvalue weighted by Crippen LogP contribution is -2.30. The smallest absolute Gasteiger partial charge is 0.292 e. The number of halogens is 12. The Morgan fingerprint density at radius 3 is 0.912 bits per heavy atom. The maximum atomic E-state index is 13.1. The normalized spacial score (nSPS) is 13.8. The van der Waals surface area contributed by atoms with Gasteiger partial charge in [-0.1, -0.05) is 0 Å². The highest BCUT2D eigenvalue weighted by atomic mass is 19.4. The number of rotatable bonds is 5. The van der Waals surface area contributed by atoms with Crippen molar-refractivity contribution >= 4 is 0 Å². The van der Waals surface area contributed by atoms with E-state index in [1.807, 2.05) is 0 Å². The minimum atomic E-state index is -5.11. The van der Waals surface area contributed by atoms with Gasteiger partial charge in [-0.15, -0.1) is 0 Å². The Kier molecular flexibility index (Phi) is 7.61. The first-order valence-corrected chi connectivity index (χ1v) is 9.48. The fraction of sp³-hybridized carbons (Fsp3) is 0.429. The highest BCUT2D eigenvalue weighted by molar-refractivity contribution is 5.35. The Labute approximate surface area is 186 Å². The van der Waals surface area contributed by atoms with Crippen molar-refractivity contribution in [2.45, 2.75) is 57.7 Å². The monoisotopic (exact) mass is 511 g/mol. The Morgan fingerprint density at radius 2 is 0.735 bits per heavy atom. The average molecular weight is 511 g/mol. The minimum Gasteiger partial charge on any atom is -0.292 e. The summed E-state index contributed by atoms with van der Waals surface area (Å²) in [5.74, 6) is 0. The number of hydrogen-bond donors (Lipinski definition) is 0. The summed E-state index contributed by atoms with van der Waals surface area (Å²) < 4.78 is 157. The van der Waals surface area contributed by atoms with Crippen LogP contribution in [0.3, 0.4) is 0 Å². The zero-order chi connectivity index (χ0) is 26.3. The molecule has 0 atom stereocenters. The van der Waals surface area contributed by atoms with Gasteiger partial charge >= 0.3 is 24.7 Å². The summed E-state index contributed by atoms with van der Waals surface area (Å²) in [6.45, 7) is 1.69. The maximum absolute atomic E-state index is 13.1. The Bertz CT molecular complexity index is 855. The molecule has 1 nitrogen and oxygen atoms in total. The minimum absolute atomic E-state index is 0.0778. The molecule has 13 heteroatoms. The van der Waals surface area contributed by atoms with Gasteiger partial charge in [0.1, 0.15) is 0 Å². The fourth-order valence-electron chi connectivity index (χ4n) is 3.11. The second kappa shape index (κ2) is 9.31. The van der Waals surface area contributed by atoms with Crippen molar-refractivity contribution in [2.75, 3.05) is 0 Å². The first-order valence-electron chi connectivity index (χ1n) is 9.48. The van der Waals surface area contributed by atoms with Crippen molar-refractivity contribution in [2.24, 2.45) is 0 Å². The van der Waals surface area contributed by atoms with Gasteiger partial charge in [0, 0.05) is 19.1 Å². The number of nitrogens with zero attached hydrogens (tertiary/aromatic N) is 1. The number of hydrogen-bond acceptors (Lipinski definition) is 1. The third kappa shape index (κ3) is 7.28. The average Bonchev–Trinajstić information content (AvgIpc) is 2.64. The van der Waals surface area contributed by atoms with Crippen molar-refractivity contribution in [3.8, 4) is 0 Å². The standard InChI is InChI=1S/C21H17F12N/c1-11(2)34(9-12-3-14(18(22,23)24)7-15(4-12)19(25,26)27)10-13-5-16(20(28,29)30)8-17(6-13)21(31,32)33/h3-8,11H,9-10H2,1-2H3. The largest absolute Gasteiger partial charge is 0.416 e. The van der Waals surface area contributed by atoms with Crippen LogP contribution in [0.25, 0.3) is 0 Å². The highest BCUT2D eigenvalue weighted by Crippen LogP contribution is 2.38. The number of benzene rings is 2. The zero-order valence-corrected chi connectivity index (χ0v) is 17.4. The van der Waals surface area contributed by atoms with E-state index in [1.54, 1.807) is 0 Å². The van der Waals surface area contributed by atoms with Crippen LogP contribution in [0.4, 0.5) is 52.7 Å². The summed E-state index contributed by atoms with van der Waals surface area (Å²) >= 11 is 0. The van der Waals surface area contributed by atoms with Crippen molar-refractivity contribution in [1.82, 2.24) is 4.90 Å². The second-order valence-corrected chi connectivity index (χ2v) is 7.83. The van der Waals surface area contributed by atoms with E-state index in [-0.39, 0.29) is 12.1 Å². The van der Waals surface area contributed by atoms with E-state index < -0.39 is 77.2 Å². The molecule has 0 heterocycles. The molecule has 2 aromatic carbocycles. The second-order valence-electron chi connectivity index (χ2n) is 7.83. The molecule has 0 bridgehead atoms. The molecule has 34 heavy (non-hydrogen) atoms. The van der Waals surface area contributed by atoms with E-state index >= 15 is 0 Å². The first kappa shape index (κ1) is 27.8. The third-order valence-corrected chi connectivity index (χ3v) is 4.80. The lowest BCUT2D eigenvalue weighted by molar-refractivity contribution is -0.144. The molecule has 190 valence electrons. The molecule has 2 aromatic rings. The number of alkyl halides is 12. The van der Waals surface area contributed by atoms with E-state index in [2.05, 4.69) is 0 Å². The van der Waals surface area contributed by atoms with Gasteiger partial charge < -0.3 is 0 Å². The van der Waals surface area contributed by atoms with Gasteiger partial charge in [-0.25, -0.2) is 0 Å². The van der Waals surface area contributed by atoms with Gasteiger partial charge in [-0.3, -0.25) is 4.90 Å². The summed E-state index contributed by atoms with van der Waals surface area (Å²) in [5, 5.41) is 0. The molecule has 0 aliphatic rings. The van der Waals surface area contributed by atoms with Gasteiger partial charge in [0.25, 0.3) is 0 Å². The molecule has 0 unspecified atom stereocenters. The molecule has 2 rings (SSSR count). The van der Waals surface area contributed by atoms with Crippen molar-refractivity contribution in [3.05, 3.63) is 69.8 Å². The topological polar surface area (TPSA) is 3.24 Å². The van der Waals surface area contributed by atoms with Crippen LogP contribution in [-0.4, -0.2) is 10.9 Å². The molecule has 0 aromatic heterocycles. The lowest BCUT2D eigenvalue weighted by atomic mass is 10.0. The molecule has 0 aliphatic carbocycles. The van der Waals surface area contributed by atoms with E-state index in [0.717, 1.165) is 4.90 Å². The van der Waals surface area contributed by atoms with E-state index in [4.69, 9.17) is 0 Å². The Morgan fingerprint density at radius 1 is 0.500 bits per heavy atom. The molecule has 0 aliphatic heterocycles. The van der Waals surface area contributed by atoms with Gasteiger partial charge in [0.15, 0.2) is 0 Å². The summed E-state index contributed by atoms with van der Waals surface area (Å²) in [6.07, 6.45) is -20.4. The summed E-state index contributed by atoms with van der Waals surface area (Å²) in [6, 6.07) is 1.01. The van der Waals surface area contributed by atoms with Gasteiger partial charge in [0.05, 0.1) is 22.3 Å². The summed E-state index contributed by atoms with van der Waals surface area (Å²) in [4.78, 5) is 1.16. The maximum Gasteiger partial charge on any atom is 0.416 e. The highest BCUT2D eigenvalue weighted by Gasteiger charge is 2.38. The third-order valence-electron chi connectivity index (χ3n) is 4.80. The molecular weight excluding hydrogens is 494 g/mol. The molecular formula is C21H17F12N. The summed E-state index contributed by atoms with van der Waals surface area (Å²) in [5.41, 5.74) is -7.25. The quantitative estimate of drug-likeness (QED) is 0.366. The first-order chi connectivity index (χ1) is 15.2. The Balaban J connectivity index is 2.50. The molecule has 0 N–H and O–H groups in total. The van der Waals surface area contributed by atoms with Crippen LogP contribution in [0.2, 0.25) is 0 Å². The predicted octanol–water partition coefficient (Wildman–Crippen LogP) is 8.17. The van der Waals surface area contributed by atoms with Crippen molar-refractivity contribution in [3.63, 3.8) is 0 Å². The Hall–Kier alpha value is -2.44. The zero-order valence-electron chi connectivity index (χ0n) is 17.4. The van der Waals surface area contributed by atoms with Gasteiger partial charge in [-0.05, 0) is 61.4 Å². The van der Waals surface area contributed by atoms with E-state index in [0.29, 0.717) is 24.3 Å². The molecule has 0 radical (unpaired) electrons. The summed E-state index contributed by atoms with van der Waals surface area (Å²) in [7, 11) is 0. The molecule has 0 saturated heterocycles. The van der Waals surface area contributed by atoms with Crippen LogP contribution in [0.1, 0.15) is 47.2 Å². The SMILES string of the molecule is CC(C)N(Cc1cc(C(F)(F)F)cc(C(F)(F)F)c1)Cc1cc(C(F)(F)F)cc(C(F)(F)F)c1. The fourth-order valence-corrected chi connectivity index (χ4v) is 3.11. The molecule has 0 amide bonds. The molecule has 0 saturated carbocycles. The van der Waals surface area contributed by atoms with Gasteiger partial charge in [0.2, 0.25) is 0 Å². The van der Waals surface area contributed by atoms with Crippen molar-refractivity contribution < 1.29 is 52.7 Å². The van der Waals surface area contributed by atoms with Crippen LogP contribution in [-0.2, 0) is 37.8 Å². The van der Waals surface area contributed by atoms with Gasteiger partial charge in [-0.2, -0.15) is 52.7 Å². The van der Waals surface area contributed by atoms with Crippen LogP contribution in [0, 0.1) is 0 Å². The van der Waals surface area contributed by atoms with Crippen molar-refractivity contribution in [1.29, 1.82) is 0 Å². The van der Waals surface area contributed by atoms with Crippen LogP contribution < -0.4 is 0 Å². The van der Waals surface area contributed by atoms with E-state index in [1.165, 1.54) is 13.8 Å². The van der Waals surface area contributed by atoms with Crippen LogP contribution >= 0.6 is 0 Å². The lowest BCUT2D eigenvalue weighted by Gasteiger charge is -2.28. The van der Waals surface area contributed by atoms with E-state index in [9.17, 15) is 52.7 Å². The molecule has 0 fully saturated rings. The van der Waals surface area contributed by atoms with Crippen LogP contribution in [0.5, 0.6) is 0 Å². The predicted molar refractivity (Wildman–Crippen MR) is 97.3 cm³/mol. The molecule has 0 spiro atoms. The van der Waals surface area contributed by atoms with Crippen LogP contribution in [0.15, 0.2) is 36.4 Å².